The molecule has 0 amide bonds. The average molecular weight is 224 g/mol. The number of rotatable bonds is 6. The number of aromatic nitrogens is 1. The summed E-state index contributed by atoms with van der Waals surface area (Å²) in [7, 11) is 1.63. The van der Waals surface area contributed by atoms with Crippen molar-refractivity contribution in [1.29, 1.82) is 0 Å². The SMILES string of the molecule is COc1cnc(C)cc1NCC(C)CCO. The zero-order chi connectivity index (χ0) is 12.0. The lowest BCUT2D eigenvalue weighted by Gasteiger charge is -2.14. The molecule has 1 atom stereocenters. The van der Waals surface area contributed by atoms with Crippen molar-refractivity contribution < 1.29 is 9.84 Å². The highest BCUT2D eigenvalue weighted by Gasteiger charge is 2.06. The molecule has 0 aliphatic carbocycles. The van der Waals surface area contributed by atoms with Gasteiger partial charge in [0.2, 0.25) is 0 Å². The number of pyridine rings is 1. The molecule has 0 spiro atoms. The summed E-state index contributed by atoms with van der Waals surface area (Å²) in [5.74, 6) is 1.19. The van der Waals surface area contributed by atoms with Gasteiger partial charge in [0.1, 0.15) is 0 Å². The Morgan fingerprint density at radius 1 is 1.56 bits per heavy atom. The van der Waals surface area contributed by atoms with Gasteiger partial charge in [-0.3, -0.25) is 4.98 Å². The Bertz CT molecular complexity index is 329. The van der Waals surface area contributed by atoms with Gasteiger partial charge in [-0.1, -0.05) is 6.92 Å². The molecule has 0 aliphatic rings. The van der Waals surface area contributed by atoms with Crippen LogP contribution in [0, 0.1) is 12.8 Å². The zero-order valence-electron chi connectivity index (χ0n) is 10.2. The molecule has 4 heteroatoms. The number of nitrogens with one attached hydrogen (secondary N) is 1. The van der Waals surface area contributed by atoms with Gasteiger partial charge in [-0.05, 0) is 25.3 Å². The van der Waals surface area contributed by atoms with Crippen LogP contribution in [0.5, 0.6) is 5.75 Å². The van der Waals surface area contributed by atoms with Gasteiger partial charge in [0, 0.05) is 18.8 Å². The fraction of sp³-hybridized carbons (Fsp3) is 0.583. The fourth-order valence-corrected chi connectivity index (χ4v) is 1.45. The molecule has 0 aliphatic heterocycles. The Labute approximate surface area is 96.7 Å². The molecule has 1 aromatic rings. The van der Waals surface area contributed by atoms with Crippen molar-refractivity contribution >= 4 is 5.69 Å². The van der Waals surface area contributed by atoms with Crippen LogP contribution in [0.4, 0.5) is 5.69 Å². The second kappa shape index (κ2) is 6.33. The first-order chi connectivity index (χ1) is 7.67. The second-order valence-electron chi connectivity index (χ2n) is 4.02. The molecule has 0 saturated carbocycles. The van der Waals surface area contributed by atoms with Crippen molar-refractivity contribution in [3.63, 3.8) is 0 Å². The van der Waals surface area contributed by atoms with Crippen molar-refractivity contribution in [3.8, 4) is 5.75 Å². The lowest BCUT2D eigenvalue weighted by atomic mass is 10.1. The van der Waals surface area contributed by atoms with Gasteiger partial charge in [0.15, 0.2) is 5.75 Å². The molecule has 1 aromatic heterocycles. The Hall–Kier alpha value is -1.29. The molecule has 0 saturated heterocycles. The predicted molar refractivity (Wildman–Crippen MR) is 64.9 cm³/mol. The van der Waals surface area contributed by atoms with Crippen LogP contribution in [0.2, 0.25) is 0 Å². The molecular weight excluding hydrogens is 204 g/mol. The van der Waals surface area contributed by atoms with Crippen molar-refractivity contribution in [3.05, 3.63) is 18.0 Å². The van der Waals surface area contributed by atoms with Gasteiger partial charge < -0.3 is 15.2 Å². The van der Waals surface area contributed by atoms with Gasteiger partial charge in [0.25, 0.3) is 0 Å². The van der Waals surface area contributed by atoms with Gasteiger partial charge in [-0.15, -0.1) is 0 Å². The van der Waals surface area contributed by atoms with E-state index in [2.05, 4.69) is 17.2 Å². The van der Waals surface area contributed by atoms with Crippen LogP contribution >= 0.6 is 0 Å². The number of nitrogens with zero attached hydrogens (tertiary/aromatic N) is 1. The number of methoxy groups -OCH3 is 1. The maximum absolute atomic E-state index is 8.82. The van der Waals surface area contributed by atoms with Crippen LogP contribution in [0.25, 0.3) is 0 Å². The van der Waals surface area contributed by atoms with Gasteiger partial charge in [0.05, 0.1) is 19.0 Å². The van der Waals surface area contributed by atoms with E-state index in [1.165, 1.54) is 0 Å². The normalized spacial score (nSPS) is 12.2. The van der Waals surface area contributed by atoms with Crippen molar-refractivity contribution in [2.75, 3.05) is 25.6 Å². The van der Waals surface area contributed by atoms with E-state index in [4.69, 9.17) is 9.84 Å². The van der Waals surface area contributed by atoms with E-state index in [0.717, 1.165) is 30.1 Å². The third kappa shape index (κ3) is 3.70. The number of hydrogen-bond acceptors (Lipinski definition) is 4. The first-order valence-electron chi connectivity index (χ1n) is 5.52. The Morgan fingerprint density at radius 3 is 2.94 bits per heavy atom. The van der Waals surface area contributed by atoms with E-state index in [9.17, 15) is 0 Å². The summed E-state index contributed by atoms with van der Waals surface area (Å²) in [6.45, 7) is 5.10. The first kappa shape index (κ1) is 12.8. The largest absolute Gasteiger partial charge is 0.493 e. The lowest BCUT2D eigenvalue weighted by Crippen LogP contribution is -2.13. The molecule has 90 valence electrons. The number of aryl methyl sites for hydroxylation is 1. The molecule has 1 unspecified atom stereocenters. The lowest BCUT2D eigenvalue weighted by molar-refractivity contribution is 0.266. The smallest absolute Gasteiger partial charge is 0.160 e. The highest BCUT2D eigenvalue weighted by molar-refractivity contribution is 5.55. The van der Waals surface area contributed by atoms with Crippen molar-refractivity contribution in [1.82, 2.24) is 4.98 Å². The monoisotopic (exact) mass is 224 g/mol. The quantitative estimate of drug-likeness (QED) is 0.774. The Morgan fingerprint density at radius 2 is 2.31 bits per heavy atom. The van der Waals surface area contributed by atoms with Crippen LogP contribution < -0.4 is 10.1 Å². The van der Waals surface area contributed by atoms with E-state index in [1.54, 1.807) is 13.3 Å². The highest BCUT2D eigenvalue weighted by Crippen LogP contribution is 2.23. The van der Waals surface area contributed by atoms with Crippen LogP contribution in [0.1, 0.15) is 19.0 Å². The summed E-state index contributed by atoms with van der Waals surface area (Å²) in [4.78, 5) is 4.17. The van der Waals surface area contributed by atoms with Gasteiger partial charge in [-0.25, -0.2) is 0 Å². The first-order valence-corrected chi connectivity index (χ1v) is 5.52. The minimum Gasteiger partial charge on any atom is -0.493 e. The van der Waals surface area contributed by atoms with Gasteiger partial charge in [-0.2, -0.15) is 0 Å². The molecule has 1 rings (SSSR count). The van der Waals surface area contributed by atoms with Gasteiger partial charge >= 0.3 is 0 Å². The molecule has 0 bridgehead atoms. The predicted octanol–water partition coefficient (Wildman–Crippen LogP) is 1.83. The highest BCUT2D eigenvalue weighted by atomic mass is 16.5. The van der Waals surface area contributed by atoms with E-state index in [1.807, 2.05) is 13.0 Å². The summed E-state index contributed by atoms with van der Waals surface area (Å²) in [6, 6.07) is 1.96. The standard InChI is InChI=1S/C12H20N2O2/c1-9(4-5-15)7-14-11-6-10(2)13-8-12(11)16-3/h6,8-9,15H,4-5,7H2,1-3H3,(H,13,14). The van der Waals surface area contributed by atoms with Crippen LogP contribution in [-0.2, 0) is 0 Å². The van der Waals surface area contributed by atoms with Crippen LogP contribution in [0.15, 0.2) is 12.3 Å². The molecule has 0 radical (unpaired) electrons. The Balaban J connectivity index is 2.61. The summed E-state index contributed by atoms with van der Waals surface area (Å²) in [5.41, 5.74) is 1.91. The third-order valence-electron chi connectivity index (χ3n) is 2.49. The summed E-state index contributed by atoms with van der Waals surface area (Å²) < 4.78 is 5.22. The topological polar surface area (TPSA) is 54.4 Å². The minimum atomic E-state index is 0.232. The number of ether oxygens (including phenoxy) is 1. The second-order valence-corrected chi connectivity index (χ2v) is 4.02. The zero-order valence-corrected chi connectivity index (χ0v) is 10.2. The molecule has 2 N–H and O–H groups in total. The molecule has 16 heavy (non-hydrogen) atoms. The third-order valence-corrected chi connectivity index (χ3v) is 2.49. The molecular formula is C12H20N2O2. The van der Waals surface area contributed by atoms with E-state index in [0.29, 0.717) is 5.92 Å². The number of aliphatic hydroxyl groups excluding tert-OH is 1. The minimum absolute atomic E-state index is 0.232. The van der Waals surface area contributed by atoms with Crippen molar-refractivity contribution in [2.45, 2.75) is 20.3 Å². The van der Waals surface area contributed by atoms with Crippen LogP contribution in [0.3, 0.4) is 0 Å². The van der Waals surface area contributed by atoms with Crippen molar-refractivity contribution in [2.24, 2.45) is 5.92 Å². The summed E-state index contributed by atoms with van der Waals surface area (Å²) >= 11 is 0. The maximum atomic E-state index is 8.82. The average Bonchev–Trinajstić information content (AvgIpc) is 2.27. The number of anilines is 1. The van der Waals surface area contributed by atoms with E-state index >= 15 is 0 Å². The number of aliphatic hydroxyl groups is 1. The number of hydrogen-bond donors (Lipinski definition) is 2. The molecule has 0 fully saturated rings. The molecule has 1 heterocycles. The molecule has 0 aromatic carbocycles. The molecule has 4 nitrogen and oxygen atoms in total. The van der Waals surface area contributed by atoms with E-state index < -0.39 is 0 Å². The summed E-state index contributed by atoms with van der Waals surface area (Å²) in [6.07, 6.45) is 2.52. The van der Waals surface area contributed by atoms with Crippen LogP contribution in [-0.4, -0.2) is 30.4 Å². The maximum Gasteiger partial charge on any atom is 0.160 e. The van der Waals surface area contributed by atoms with E-state index in [-0.39, 0.29) is 6.61 Å². The summed E-state index contributed by atoms with van der Waals surface area (Å²) in [5, 5.41) is 12.1. The Kier molecular flexibility index (Phi) is 5.05. The fourth-order valence-electron chi connectivity index (χ4n) is 1.45.